The van der Waals surface area contributed by atoms with Crippen LogP contribution in [0.1, 0.15) is 16.7 Å². The highest BCUT2D eigenvalue weighted by molar-refractivity contribution is 6.31. The van der Waals surface area contributed by atoms with E-state index >= 15 is 0 Å². The summed E-state index contributed by atoms with van der Waals surface area (Å²) >= 11 is 6.42. The van der Waals surface area contributed by atoms with Gasteiger partial charge >= 0.3 is 6.03 Å². The maximum absolute atomic E-state index is 12.9. The van der Waals surface area contributed by atoms with Crippen LogP contribution in [0.4, 0.5) is 22.2 Å². The summed E-state index contributed by atoms with van der Waals surface area (Å²) in [6, 6.07) is 25.7. The van der Waals surface area contributed by atoms with Gasteiger partial charge in [0.15, 0.2) is 17.0 Å². The van der Waals surface area contributed by atoms with Crippen LogP contribution in [0.25, 0.3) is 11.2 Å². The number of anilines is 3. The minimum Gasteiger partial charge on any atom is -0.364 e. The highest BCUT2D eigenvalue weighted by atomic mass is 35.5. The van der Waals surface area contributed by atoms with Crippen LogP contribution in [0.15, 0.2) is 85.2 Å². The molecular weight excluding hydrogens is 536 g/mol. The zero-order valence-electron chi connectivity index (χ0n) is 22.8. The molecular formula is C31H31ClN8O. The molecule has 41 heavy (non-hydrogen) atoms. The molecule has 0 atom stereocenters. The number of rotatable bonds is 7. The summed E-state index contributed by atoms with van der Waals surface area (Å²) in [6.07, 6.45) is 1.81. The number of benzene rings is 3. The normalized spacial score (nSPS) is 13.4. The van der Waals surface area contributed by atoms with Gasteiger partial charge in [-0.1, -0.05) is 72.3 Å². The van der Waals surface area contributed by atoms with Gasteiger partial charge in [-0.3, -0.25) is 0 Å². The Bertz CT molecular complexity index is 1660. The smallest absolute Gasteiger partial charge is 0.321 e. The number of halogens is 1. The molecule has 0 spiro atoms. The van der Waals surface area contributed by atoms with E-state index in [1.165, 1.54) is 0 Å². The summed E-state index contributed by atoms with van der Waals surface area (Å²) < 4.78 is 2.04. The van der Waals surface area contributed by atoms with E-state index in [4.69, 9.17) is 21.6 Å². The summed E-state index contributed by atoms with van der Waals surface area (Å²) in [6.45, 7) is 5.51. The lowest BCUT2D eigenvalue weighted by Crippen LogP contribution is -2.50. The highest BCUT2D eigenvalue weighted by Gasteiger charge is 2.25. The Hall–Kier alpha value is -4.63. The van der Waals surface area contributed by atoms with Crippen molar-refractivity contribution in [3.63, 3.8) is 0 Å². The van der Waals surface area contributed by atoms with Gasteiger partial charge < -0.3 is 25.0 Å². The predicted octanol–water partition coefficient (Wildman–Crippen LogP) is 5.80. The van der Waals surface area contributed by atoms with Crippen LogP contribution in [0, 0.1) is 6.92 Å². The average Bonchev–Trinajstić information content (AvgIpc) is 3.40. The maximum Gasteiger partial charge on any atom is 0.321 e. The third kappa shape index (κ3) is 6.10. The van der Waals surface area contributed by atoms with E-state index in [9.17, 15) is 4.79 Å². The maximum atomic E-state index is 12.9. The molecule has 1 aliphatic heterocycles. The first-order valence-corrected chi connectivity index (χ1v) is 14.0. The van der Waals surface area contributed by atoms with Crippen molar-refractivity contribution in [2.75, 3.05) is 41.7 Å². The minimum absolute atomic E-state index is 0.102. The van der Waals surface area contributed by atoms with Gasteiger partial charge in [-0.05, 0) is 41.8 Å². The number of hydrogen-bond donors (Lipinski definition) is 2. The molecule has 0 saturated carbocycles. The molecule has 1 saturated heterocycles. The van der Waals surface area contributed by atoms with Crippen LogP contribution in [0.5, 0.6) is 0 Å². The zero-order valence-corrected chi connectivity index (χ0v) is 23.6. The first kappa shape index (κ1) is 26.6. The van der Waals surface area contributed by atoms with E-state index in [1.807, 2.05) is 89.4 Å². The summed E-state index contributed by atoms with van der Waals surface area (Å²) in [7, 11) is 0. The number of hydrogen-bond acceptors (Lipinski definition) is 6. The number of fused-ring (bicyclic) bond motifs is 1. The van der Waals surface area contributed by atoms with Gasteiger partial charge in [-0.2, -0.15) is 9.97 Å². The van der Waals surface area contributed by atoms with E-state index in [2.05, 4.69) is 32.7 Å². The van der Waals surface area contributed by atoms with Gasteiger partial charge in [0.2, 0.25) is 5.95 Å². The van der Waals surface area contributed by atoms with Crippen molar-refractivity contribution in [2.45, 2.75) is 20.0 Å². The van der Waals surface area contributed by atoms with Crippen molar-refractivity contribution in [1.82, 2.24) is 24.4 Å². The molecule has 0 aliphatic carbocycles. The Morgan fingerprint density at radius 3 is 2.49 bits per heavy atom. The van der Waals surface area contributed by atoms with Crippen LogP contribution in [0.3, 0.4) is 0 Å². The van der Waals surface area contributed by atoms with Gasteiger partial charge in [0, 0.05) is 43.4 Å². The summed E-state index contributed by atoms with van der Waals surface area (Å²) in [4.78, 5) is 31.4. The molecule has 2 N–H and O–H groups in total. The number of imidazole rings is 1. The molecule has 0 bridgehead atoms. The number of aromatic nitrogens is 4. The molecule has 2 aromatic heterocycles. The molecule has 2 amide bonds. The molecule has 9 nitrogen and oxygen atoms in total. The van der Waals surface area contributed by atoms with Crippen molar-refractivity contribution < 1.29 is 4.79 Å². The fourth-order valence-electron chi connectivity index (χ4n) is 4.95. The van der Waals surface area contributed by atoms with Crippen LogP contribution in [0.2, 0.25) is 5.02 Å². The second kappa shape index (κ2) is 11.9. The first-order valence-electron chi connectivity index (χ1n) is 13.6. The second-order valence-electron chi connectivity index (χ2n) is 10.1. The molecule has 6 rings (SSSR count). The third-order valence-corrected chi connectivity index (χ3v) is 7.54. The lowest BCUT2D eigenvalue weighted by Gasteiger charge is -2.34. The van der Waals surface area contributed by atoms with Crippen molar-refractivity contribution in [1.29, 1.82) is 0 Å². The second-order valence-corrected chi connectivity index (χ2v) is 10.5. The van der Waals surface area contributed by atoms with E-state index < -0.39 is 0 Å². The summed E-state index contributed by atoms with van der Waals surface area (Å²) in [5.74, 6) is 1.25. The molecule has 10 heteroatoms. The van der Waals surface area contributed by atoms with Crippen molar-refractivity contribution in [3.05, 3.63) is 107 Å². The molecule has 1 aliphatic rings. The topological polar surface area (TPSA) is 91.2 Å². The number of urea groups is 1. The third-order valence-electron chi connectivity index (χ3n) is 7.17. The van der Waals surface area contributed by atoms with Gasteiger partial charge in [-0.25, -0.2) is 9.78 Å². The number of amides is 2. The first-order chi connectivity index (χ1) is 20.0. The van der Waals surface area contributed by atoms with E-state index in [0.717, 1.165) is 28.0 Å². The average molecular weight is 567 g/mol. The van der Waals surface area contributed by atoms with Crippen LogP contribution in [-0.2, 0) is 13.1 Å². The molecule has 208 valence electrons. The molecule has 1 fully saturated rings. The van der Waals surface area contributed by atoms with E-state index in [-0.39, 0.29) is 6.03 Å². The number of carbonyl (C=O) groups excluding carboxylic acids is 1. The number of carbonyl (C=O) groups is 1. The number of nitrogens with one attached hydrogen (secondary N) is 2. The Morgan fingerprint density at radius 2 is 1.71 bits per heavy atom. The van der Waals surface area contributed by atoms with E-state index in [1.54, 1.807) is 0 Å². The van der Waals surface area contributed by atoms with Crippen LogP contribution < -0.4 is 15.5 Å². The molecule has 5 aromatic rings. The predicted molar refractivity (Wildman–Crippen MR) is 164 cm³/mol. The van der Waals surface area contributed by atoms with Crippen molar-refractivity contribution in [2.24, 2.45) is 0 Å². The Balaban J connectivity index is 1.23. The molecule has 3 heterocycles. The van der Waals surface area contributed by atoms with Gasteiger partial charge in [0.05, 0.1) is 12.9 Å². The largest absolute Gasteiger partial charge is 0.364 e. The molecule has 0 radical (unpaired) electrons. The monoisotopic (exact) mass is 566 g/mol. The highest BCUT2D eigenvalue weighted by Crippen LogP contribution is 2.26. The van der Waals surface area contributed by atoms with Crippen molar-refractivity contribution in [3.8, 4) is 0 Å². The van der Waals surface area contributed by atoms with Crippen LogP contribution in [-0.4, -0.2) is 56.6 Å². The number of piperazine rings is 1. The number of aryl methyl sites for hydroxylation is 1. The Labute approximate surface area is 243 Å². The fourth-order valence-corrected chi connectivity index (χ4v) is 5.15. The fraction of sp³-hybridized carbons (Fsp3) is 0.226. The number of nitrogens with zero attached hydrogens (tertiary/aromatic N) is 6. The minimum atomic E-state index is -0.102. The van der Waals surface area contributed by atoms with Crippen LogP contribution >= 0.6 is 11.6 Å². The van der Waals surface area contributed by atoms with Gasteiger partial charge in [0.1, 0.15) is 0 Å². The standard InChI is InChI=1S/C31H31ClN8O/c1-22-8-7-12-25(18-22)35-31(41)39-16-14-38(15-17-39)30-36-28(33-19-24-11-5-6-13-26(24)32)27-29(37-30)40(21-34-27)20-23-9-3-2-4-10-23/h2-13,18,21H,14-17,19-20H2,1H3,(H,35,41)(H,33,36,37). The summed E-state index contributed by atoms with van der Waals surface area (Å²) in [5, 5.41) is 7.15. The Morgan fingerprint density at radius 1 is 0.927 bits per heavy atom. The van der Waals surface area contributed by atoms with Crippen molar-refractivity contribution >= 4 is 46.2 Å². The van der Waals surface area contributed by atoms with Gasteiger partial charge in [-0.15, -0.1) is 0 Å². The SMILES string of the molecule is Cc1cccc(NC(=O)N2CCN(c3nc(NCc4ccccc4Cl)c4ncn(Cc5ccccc5)c4n3)CC2)c1. The molecule has 0 unspecified atom stereocenters. The summed E-state index contributed by atoms with van der Waals surface area (Å²) in [5.41, 5.74) is 5.48. The molecule has 3 aromatic carbocycles. The van der Waals surface area contributed by atoms with E-state index in [0.29, 0.717) is 61.6 Å². The quantitative estimate of drug-likeness (QED) is 0.259. The lowest BCUT2D eigenvalue weighted by atomic mass is 10.2. The lowest BCUT2D eigenvalue weighted by molar-refractivity contribution is 0.208. The Kier molecular flexibility index (Phi) is 7.69. The zero-order chi connectivity index (χ0) is 28.2. The van der Waals surface area contributed by atoms with Gasteiger partial charge in [0.25, 0.3) is 0 Å².